The lowest BCUT2D eigenvalue weighted by Crippen LogP contribution is -2.37. The van der Waals surface area contributed by atoms with Gasteiger partial charge in [-0.05, 0) is 30.7 Å². The van der Waals surface area contributed by atoms with E-state index in [2.05, 4.69) is 5.32 Å². The summed E-state index contributed by atoms with van der Waals surface area (Å²) in [6.07, 6.45) is 0. The van der Waals surface area contributed by atoms with Gasteiger partial charge >= 0.3 is 5.69 Å². The van der Waals surface area contributed by atoms with Gasteiger partial charge in [-0.1, -0.05) is 54.1 Å². The molecule has 3 heterocycles. The third-order valence-corrected chi connectivity index (χ3v) is 7.21. The van der Waals surface area contributed by atoms with E-state index in [0.29, 0.717) is 33.6 Å². The SMILES string of the molecule is COc1cccc(C2Nc3ccccc3-n3c(-c4ccc(C)cc4)c4c(=O)n(C)c(=O)n(C)c4c32)c1O. The summed E-state index contributed by atoms with van der Waals surface area (Å²) in [5, 5.41) is 15.1. The number of para-hydroxylation sites is 3. The average Bonchev–Trinajstić information content (AvgIpc) is 3.27. The summed E-state index contributed by atoms with van der Waals surface area (Å²) in [5.74, 6) is 0.331. The zero-order valence-electron chi connectivity index (χ0n) is 20.9. The second-order valence-corrected chi connectivity index (χ2v) is 9.36. The van der Waals surface area contributed by atoms with Crippen molar-refractivity contribution in [2.24, 2.45) is 14.1 Å². The number of phenols is 1. The van der Waals surface area contributed by atoms with Crippen molar-refractivity contribution in [3.8, 4) is 28.4 Å². The van der Waals surface area contributed by atoms with Crippen LogP contribution >= 0.6 is 0 Å². The molecule has 8 nitrogen and oxygen atoms in total. The Morgan fingerprint density at radius 3 is 2.38 bits per heavy atom. The van der Waals surface area contributed by atoms with E-state index in [4.69, 9.17) is 4.74 Å². The van der Waals surface area contributed by atoms with Gasteiger partial charge in [-0.25, -0.2) is 4.79 Å². The Bertz CT molecular complexity index is 1830. The molecule has 1 atom stereocenters. The number of benzene rings is 3. The lowest BCUT2D eigenvalue weighted by molar-refractivity contribution is 0.370. The lowest BCUT2D eigenvalue weighted by Gasteiger charge is -2.31. The van der Waals surface area contributed by atoms with Crippen LogP contribution in [0.25, 0.3) is 27.8 Å². The second kappa shape index (κ2) is 8.16. The van der Waals surface area contributed by atoms with Crippen LogP contribution in [0.5, 0.6) is 11.5 Å². The highest BCUT2D eigenvalue weighted by Gasteiger charge is 2.36. The van der Waals surface area contributed by atoms with Crippen LogP contribution in [0.3, 0.4) is 0 Å². The van der Waals surface area contributed by atoms with Crippen molar-refractivity contribution in [3.63, 3.8) is 0 Å². The molecule has 0 aliphatic carbocycles. The number of aryl methyl sites for hydroxylation is 2. The third kappa shape index (κ3) is 3.15. The summed E-state index contributed by atoms with van der Waals surface area (Å²) < 4.78 is 10.1. The third-order valence-electron chi connectivity index (χ3n) is 7.21. The van der Waals surface area contributed by atoms with Crippen LogP contribution in [0, 0.1) is 6.92 Å². The highest BCUT2D eigenvalue weighted by molar-refractivity contribution is 5.99. The van der Waals surface area contributed by atoms with Crippen LogP contribution in [0.2, 0.25) is 0 Å². The number of phenolic OH excluding ortho intramolecular Hbond substituents is 1. The van der Waals surface area contributed by atoms with Gasteiger partial charge in [0.2, 0.25) is 0 Å². The molecule has 0 bridgehead atoms. The number of aromatic nitrogens is 3. The number of aromatic hydroxyl groups is 1. The van der Waals surface area contributed by atoms with Gasteiger partial charge in [0.05, 0.1) is 46.8 Å². The molecule has 0 spiro atoms. The summed E-state index contributed by atoms with van der Waals surface area (Å²) in [7, 11) is 4.67. The summed E-state index contributed by atoms with van der Waals surface area (Å²) >= 11 is 0. The van der Waals surface area contributed by atoms with Crippen LogP contribution in [-0.4, -0.2) is 25.9 Å². The molecular weight excluding hydrogens is 468 g/mol. The first-order valence-electron chi connectivity index (χ1n) is 12.0. The molecule has 0 saturated carbocycles. The van der Waals surface area contributed by atoms with E-state index < -0.39 is 11.7 Å². The van der Waals surface area contributed by atoms with Gasteiger partial charge in [0.25, 0.3) is 5.56 Å². The molecule has 5 aromatic rings. The summed E-state index contributed by atoms with van der Waals surface area (Å²) in [6.45, 7) is 2.01. The number of nitrogens with one attached hydrogen (secondary N) is 1. The van der Waals surface area contributed by atoms with Gasteiger partial charge < -0.3 is 19.7 Å². The minimum atomic E-state index is -0.579. The fraction of sp³-hybridized carbons (Fsp3) is 0.172. The van der Waals surface area contributed by atoms with E-state index >= 15 is 0 Å². The van der Waals surface area contributed by atoms with Crippen molar-refractivity contribution >= 4 is 16.6 Å². The molecule has 1 unspecified atom stereocenters. The molecule has 8 heteroatoms. The monoisotopic (exact) mass is 494 g/mol. The standard InChI is InChI=1S/C29H26N4O4/c1-16-12-14-17(15-13-16)24-22-25(31(2)29(36)32(3)28(22)35)26-23(18-8-7-11-21(37-4)27(18)34)30-19-9-5-6-10-20(19)33(24)26/h5-15,23,30,34H,1-4H3. The molecule has 186 valence electrons. The number of fused-ring (bicyclic) bond motifs is 5. The molecule has 3 aromatic carbocycles. The van der Waals surface area contributed by atoms with Crippen molar-refractivity contribution < 1.29 is 9.84 Å². The Kier molecular flexibility index (Phi) is 5.01. The largest absolute Gasteiger partial charge is 0.504 e. The average molecular weight is 495 g/mol. The molecule has 1 aliphatic rings. The smallest absolute Gasteiger partial charge is 0.331 e. The molecule has 0 fully saturated rings. The summed E-state index contributed by atoms with van der Waals surface area (Å²) in [5.41, 5.74) is 5.29. The maximum atomic E-state index is 13.7. The van der Waals surface area contributed by atoms with Crippen molar-refractivity contribution in [2.45, 2.75) is 13.0 Å². The van der Waals surface area contributed by atoms with Gasteiger partial charge in [0.1, 0.15) is 0 Å². The molecule has 0 radical (unpaired) electrons. The number of ether oxygens (including phenoxy) is 1. The zero-order valence-corrected chi connectivity index (χ0v) is 20.9. The van der Waals surface area contributed by atoms with Crippen LogP contribution in [0.1, 0.15) is 22.9 Å². The quantitative estimate of drug-likeness (QED) is 0.392. The molecule has 6 rings (SSSR count). The van der Waals surface area contributed by atoms with E-state index in [1.165, 1.54) is 18.7 Å². The second-order valence-electron chi connectivity index (χ2n) is 9.36. The molecule has 37 heavy (non-hydrogen) atoms. The van der Waals surface area contributed by atoms with Crippen molar-refractivity contribution in [2.75, 3.05) is 12.4 Å². The van der Waals surface area contributed by atoms with E-state index in [1.54, 1.807) is 13.1 Å². The van der Waals surface area contributed by atoms with Gasteiger partial charge in [-0.15, -0.1) is 0 Å². The highest BCUT2D eigenvalue weighted by Crippen LogP contribution is 2.47. The van der Waals surface area contributed by atoms with Crippen molar-refractivity contribution in [3.05, 3.63) is 104 Å². The first-order valence-corrected chi connectivity index (χ1v) is 12.0. The zero-order chi connectivity index (χ0) is 26.0. The van der Waals surface area contributed by atoms with E-state index in [0.717, 1.165) is 27.1 Å². The minimum absolute atomic E-state index is 0.00602. The molecule has 2 N–H and O–H groups in total. The number of anilines is 1. The van der Waals surface area contributed by atoms with Gasteiger partial charge in [-0.3, -0.25) is 13.9 Å². The predicted octanol–water partition coefficient (Wildman–Crippen LogP) is 4.23. The molecule has 2 aromatic heterocycles. The van der Waals surface area contributed by atoms with Gasteiger partial charge in [0, 0.05) is 19.7 Å². The molecule has 1 aliphatic heterocycles. The number of hydrogen-bond donors (Lipinski definition) is 2. The Hall–Kier alpha value is -4.72. The summed E-state index contributed by atoms with van der Waals surface area (Å²) in [6, 6.07) is 20.5. The topological polar surface area (TPSA) is 90.4 Å². The number of methoxy groups -OCH3 is 1. The number of hydrogen-bond acceptors (Lipinski definition) is 5. The maximum Gasteiger partial charge on any atom is 0.331 e. The fourth-order valence-electron chi connectivity index (χ4n) is 5.37. The fourth-order valence-corrected chi connectivity index (χ4v) is 5.37. The van der Waals surface area contributed by atoms with Crippen LogP contribution < -0.4 is 21.3 Å². The molecule has 0 saturated heterocycles. The Morgan fingerprint density at radius 2 is 1.65 bits per heavy atom. The van der Waals surface area contributed by atoms with Crippen LogP contribution in [0.15, 0.2) is 76.3 Å². The van der Waals surface area contributed by atoms with Gasteiger partial charge in [0.15, 0.2) is 11.5 Å². The van der Waals surface area contributed by atoms with Crippen molar-refractivity contribution in [1.82, 2.24) is 13.7 Å². The molecule has 0 amide bonds. The highest BCUT2D eigenvalue weighted by atomic mass is 16.5. The summed E-state index contributed by atoms with van der Waals surface area (Å²) in [4.78, 5) is 26.9. The van der Waals surface area contributed by atoms with E-state index in [9.17, 15) is 14.7 Å². The Labute approximate surface area is 212 Å². The first kappa shape index (κ1) is 22.7. The van der Waals surface area contributed by atoms with Crippen LogP contribution in [-0.2, 0) is 14.1 Å². The number of nitrogens with zero attached hydrogens (tertiary/aromatic N) is 3. The molecular formula is C29H26N4O4. The van der Waals surface area contributed by atoms with Gasteiger partial charge in [-0.2, -0.15) is 0 Å². The lowest BCUT2D eigenvalue weighted by atomic mass is 9.98. The maximum absolute atomic E-state index is 13.7. The van der Waals surface area contributed by atoms with E-state index in [-0.39, 0.29) is 11.3 Å². The first-order chi connectivity index (χ1) is 17.8. The number of rotatable bonds is 3. The Morgan fingerprint density at radius 1 is 0.919 bits per heavy atom. The van der Waals surface area contributed by atoms with E-state index in [1.807, 2.05) is 72.2 Å². The van der Waals surface area contributed by atoms with Crippen LogP contribution in [0.4, 0.5) is 5.69 Å². The Balaban J connectivity index is 1.85. The minimum Gasteiger partial charge on any atom is -0.504 e. The predicted molar refractivity (Wildman–Crippen MR) is 144 cm³/mol. The normalized spacial score (nSPS) is 14.2. The van der Waals surface area contributed by atoms with Crippen molar-refractivity contribution in [1.29, 1.82) is 0 Å².